The molecular weight excluding hydrogens is 385 g/mol. The van der Waals surface area contributed by atoms with E-state index in [0.717, 1.165) is 22.7 Å². The molecule has 0 atom stereocenters. The van der Waals surface area contributed by atoms with E-state index in [1.54, 1.807) is 12.1 Å². The second-order valence-corrected chi connectivity index (χ2v) is 5.59. The first-order chi connectivity index (χ1) is 10.3. The molecule has 0 fully saturated rings. The van der Waals surface area contributed by atoms with Gasteiger partial charge in [-0.2, -0.15) is 18.3 Å². The van der Waals surface area contributed by atoms with E-state index in [2.05, 4.69) is 26.5 Å². The highest BCUT2D eigenvalue weighted by Crippen LogP contribution is 2.33. The van der Waals surface area contributed by atoms with E-state index in [9.17, 15) is 18.3 Å². The molecule has 22 heavy (non-hydrogen) atoms. The van der Waals surface area contributed by atoms with E-state index >= 15 is 0 Å². The normalized spacial score (nSPS) is 11.9. The van der Waals surface area contributed by atoms with Crippen molar-refractivity contribution in [3.8, 4) is 5.75 Å². The minimum Gasteiger partial charge on any atom is -0.507 e. The lowest BCUT2D eigenvalue weighted by Gasteiger charge is -2.09. The first-order valence-corrected chi connectivity index (χ1v) is 7.09. The van der Waals surface area contributed by atoms with Gasteiger partial charge in [-0.3, -0.25) is 5.43 Å². The summed E-state index contributed by atoms with van der Waals surface area (Å²) in [6.45, 7) is 0. The van der Waals surface area contributed by atoms with Crippen LogP contribution in [-0.4, -0.2) is 11.3 Å². The molecule has 2 aromatic rings. The van der Waals surface area contributed by atoms with Gasteiger partial charge in [-0.15, -0.1) is 0 Å². The summed E-state index contributed by atoms with van der Waals surface area (Å²) < 4.78 is 38.6. The maximum Gasteiger partial charge on any atom is 0.416 e. The van der Waals surface area contributed by atoms with Crippen molar-refractivity contribution in [2.24, 2.45) is 5.10 Å². The fourth-order valence-corrected chi connectivity index (χ4v) is 2.13. The van der Waals surface area contributed by atoms with Gasteiger partial charge in [0, 0.05) is 10.0 Å². The van der Waals surface area contributed by atoms with E-state index in [1.807, 2.05) is 0 Å². The van der Waals surface area contributed by atoms with Crippen molar-refractivity contribution in [1.29, 1.82) is 0 Å². The van der Waals surface area contributed by atoms with Crippen molar-refractivity contribution >= 4 is 39.4 Å². The van der Waals surface area contributed by atoms with E-state index in [-0.39, 0.29) is 16.5 Å². The molecule has 0 saturated carbocycles. The first-order valence-electron chi connectivity index (χ1n) is 5.92. The summed E-state index contributed by atoms with van der Waals surface area (Å²) in [6, 6.07) is 7.59. The number of phenols is 1. The number of nitrogens with one attached hydrogen (secondary N) is 1. The molecule has 116 valence electrons. The Kier molecular flexibility index (Phi) is 4.97. The number of phenolic OH excluding ortho intramolecular Hbond substituents is 1. The molecule has 0 unspecified atom stereocenters. The lowest BCUT2D eigenvalue weighted by atomic mass is 10.2. The van der Waals surface area contributed by atoms with Crippen molar-refractivity contribution in [2.45, 2.75) is 6.18 Å². The fraction of sp³-hybridized carbons (Fsp3) is 0.0714. The fourth-order valence-electron chi connectivity index (χ4n) is 1.59. The number of hydrogen-bond acceptors (Lipinski definition) is 3. The number of aromatic hydroxyl groups is 1. The van der Waals surface area contributed by atoms with Gasteiger partial charge in [0.25, 0.3) is 0 Å². The monoisotopic (exact) mass is 392 g/mol. The molecule has 8 heteroatoms. The number of anilines is 1. The number of halogens is 5. The molecule has 0 aliphatic carbocycles. The highest BCUT2D eigenvalue weighted by Gasteiger charge is 2.30. The van der Waals surface area contributed by atoms with Crippen LogP contribution in [-0.2, 0) is 6.18 Å². The molecule has 0 radical (unpaired) electrons. The predicted molar refractivity (Wildman–Crippen MR) is 83.5 cm³/mol. The third-order valence-electron chi connectivity index (χ3n) is 2.67. The standard InChI is InChI=1S/C14H9BrClF3N2O/c15-10-2-4-13(22)8(5-10)7-20-21-12-6-9(14(17,18)19)1-3-11(12)16/h1-7,21-22H. The Morgan fingerprint density at radius 1 is 1.18 bits per heavy atom. The zero-order valence-electron chi connectivity index (χ0n) is 10.8. The molecule has 2 aromatic carbocycles. The van der Waals surface area contributed by atoms with E-state index < -0.39 is 11.7 Å². The third-order valence-corrected chi connectivity index (χ3v) is 3.49. The number of benzene rings is 2. The van der Waals surface area contributed by atoms with Crippen molar-refractivity contribution < 1.29 is 18.3 Å². The molecule has 0 aliphatic heterocycles. The van der Waals surface area contributed by atoms with Gasteiger partial charge < -0.3 is 5.11 Å². The van der Waals surface area contributed by atoms with Crippen LogP contribution < -0.4 is 5.43 Å². The summed E-state index contributed by atoms with van der Waals surface area (Å²) >= 11 is 9.06. The van der Waals surface area contributed by atoms with Gasteiger partial charge in [-0.05, 0) is 36.4 Å². The van der Waals surface area contributed by atoms with Crippen LogP contribution in [0.5, 0.6) is 5.75 Å². The van der Waals surface area contributed by atoms with Crippen LogP contribution in [0.4, 0.5) is 18.9 Å². The van der Waals surface area contributed by atoms with Crippen molar-refractivity contribution in [2.75, 3.05) is 5.43 Å². The summed E-state index contributed by atoms with van der Waals surface area (Å²) in [4.78, 5) is 0. The largest absolute Gasteiger partial charge is 0.507 e. The number of alkyl halides is 3. The van der Waals surface area contributed by atoms with Crippen LogP contribution in [0.15, 0.2) is 46.0 Å². The van der Waals surface area contributed by atoms with Gasteiger partial charge in [0.2, 0.25) is 0 Å². The Hall–Kier alpha value is -1.73. The van der Waals surface area contributed by atoms with Gasteiger partial charge in [0.15, 0.2) is 0 Å². The van der Waals surface area contributed by atoms with Gasteiger partial charge in [0.05, 0.1) is 22.5 Å². The zero-order valence-corrected chi connectivity index (χ0v) is 13.2. The van der Waals surface area contributed by atoms with Gasteiger partial charge >= 0.3 is 6.18 Å². The van der Waals surface area contributed by atoms with Crippen molar-refractivity contribution in [3.63, 3.8) is 0 Å². The van der Waals surface area contributed by atoms with Crippen LogP contribution in [0.3, 0.4) is 0 Å². The number of hydrazone groups is 1. The first kappa shape index (κ1) is 16.6. The SMILES string of the molecule is Oc1ccc(Br)cc1C=NNc1cc(C(F)(F)F)ccc1Cl. The number of nitrogens with zero attached hydrogens (tertiary/aromatic N) is 1. The maximum atomic E-state index is 12.6. The molecule has 0 amide bonds. The summed E-state index contributed by atoms with van der Waals surface area (Å²) in [7, 11) is 0. The Bertz CT molecular complexity index is 720. The van der Waals surface area contributed by atoms with Crippen molar-refractivity contribution in [1.82, 2.24) is 0 Å². The second kappa shape index (κ2) is 6.58. The zero-order chi connectivity index (χ0) is 16.3. The van der Waals surface area contributed by atoms with Crippen LogP contribution in [0.2, 0.25) is 5.02 Å². The Labute approximate surface area is 137 Å². The van der Waals surface area contributed by atoms with Crippen LogP contribution in [0.25, 0.3) is 0 Å². The maximum absolute atomic E-state index is 12.6. The topological polar surface area (TPSA) is 44.6 Å². The van der Waals surface area contributed by atoms with E-state index in [4.69, 9.17) is 11.6 Å². The number of hydrogen-bond donors (Lipinski definition) is 2. The predicted octanol–water partition coefficient (Wildman–Crippen LogP) is 5.27. The Balaban J connectivity index is 2.21. The molecule has 2 N–H and O–H groups in total. The van der Waals surface area contributed by atoms with E-state index in [1.165, 1.54) is 12.3 Å². The summed E-state index contributed by atoms with van der Waals surface area (Å²) in [5.41, 5.74) is 2.01. The highest BCUT2D eigenvalue weighted by molar-refractivity contribution is 9.10. The van der Waals surface area contributed by atoms with Gasteiger partial charge in [-0.25, -0.2) is 0 Å². The molecule has 3 nitrogen and oxygen atoms in total. The molecule has 0 saturated heterocycles. The smallest absolute Gasteiger partial charge is 0.416 e. The number of rotatable bonds is 3. The minimum atomic E-state index is -4.46. The molecular formula is C14H9BrClF3N2O. The Morgan fingerprint density at radius 2 is 1.91 bits per heavy atom. The molecule has 0 aromatic heterocycles. The molecule has 0 heterocycles. The van der Waals surface area contributed by atoms with Crippen molar-refractivity contribution in [3.05, 3.63) is 57.0 Å². The average Bonchev–Trinajstić information content (AvgIpc) is 2.43. The molecule has 0 aliphatic rings. The van der Waals surface area contributed by atoms with E-state index in [0.29, 0.717) is 5.56 Å². The van der Waals surface area contributed by atoms with Crippen LogP contribution in [0, 0.1) is 0 Å². The summed E-state index contributed by atoms with van der Waals surface area (Å²) in [5.74, 6) is -0.0103. The van der Waals surface area contributed by atoms with Gasteiger partial charge in [-0.1, -0.05) is 27.5 Å². The minimum absolute atomic E-state index is 0.0103. The Morgan fingerprint density at radius 3 is 2.59 bits per heavy atom. The third kappa shape index (κ3) is 4.14. The highest BCUT2D eigenvalue weighted by atomic mass is 79.9. The van der Waals surface area contributed by atoms with Crippen LogP contribution in [0.1, 0.15) is 11.1 Å². The lowest BCUT2D eigenvalue weighted by Crippen LogP contribution is -2.05. The second-order valence-electron chi connectivity index (χ2n) is 4.27. The molecule has 0 bridgehead atoms. The molecule has 2 rings (SSSR count). The summed E-state index contributed by atoms with van der Waals surface area (Å²) in [6.07, 6.45) is -3.19. The van der Waals surface area contributed by atoms with Gasteiger partial charge in [0.1, 0.15) is 5.75 Å². The average molecular weight is 394 g/mol. The van der Waals surface area contributed by atoms with Crippen LogP contribution >= 0.6 is 27.5 Å². The molecule has 0 spiro atoms. The lowest BCUT2D eigenvalue weighted by molar-refractivity contribution is -0.137. The quantitative estimate of drug-likeness (QED) is 0.551. The summed E-state index contributed by atoms with van der Waals surface area (Å²) in [5, 5.41) is 13.5.